The van der Waals surface area contributed by atoms with Crippen molar-refractivity contribution < 1.29 is 0 Å². The number of hydrogen-bond acceptors (Lipinski definition) is 1. The molecule has 0 N–H and O–H groups in total. The summed E-state index contributed by atoms with van der Waals surface area (Å²) in [6, 6.07) is 36.5. The minimum Gasteiger partial charge on any atom is -0.284 e. The van der Waals surface area contributed by atoms with E-state index in [0.29, 0.717) is 5.41 Å². The van der Waals surface area contributed by atoms with Crippen molar-refractivity contribution >= 4 is 33.1 Å². The first-order chi connectivity index (χ1) is 23.3. The molecule has 0 amide bonds. The van der Waals surface area contributed by atoms with Crippen LogP contribution in [0.1, 0.15) is 58.1 Å². The Bertz CT molecular complexity index is 1940. The summed E-state index contributed by atoms with van der Waals surface area (Å²) in [4.78, 5) is 0. The van der Waals surface area contributed by atoms with Gasteiger partial charge in [-0.05, 0) is 96.4 Å². The van der Waals surface area contributed by atoms with Crippen molar-refractivity contribution in [2.75, 3.05) is 12.1 Å². The van der Waals surface area contributed by atoms with E-state index < -0.39 is 0 Å². The van der Waals surface area contributed by atoms with Gasteiger partial charge in [0.05, 0.1) is 16.7 Å². The second-order valence-electron chi connectivity index (χ2n) is 12.5. The van der Waals surface area contributed by atoms with Crippen LogP contribution in [0.25, 0.3) is 27.4 Å². The fraction of sp³-hybridized carbons (Fsp3) is 0.196. The lowest BCUT2D eigenvalue weighted by atomic mass is 9.82. The van der Waals surface area contributed by atoms with E-state index in [4.69, 9.17) is 0 Å². The maximum Gasteiger partial charge on any atom is 0.0712 e. The molecule has 1 aromatic heterocycles. The van der Waals surface area contributed by atoms with E-state index in [1.807, 2.05) is 6.08 Å². The first-order valence-corrected chi connectivity index (χ1v) is 16.9. The van der Waals surface area contributed by atoms with Gasteiger partial charge >= 0.3 is 0 Å². The monoisotopic (exact) mass is 630 g/mol. The lowest BCUT2D eigenvalue weighted by Crippen LogP contribution is -2.23. The van der Waals surface area contributed by atoms with Crippen molar-refractivity contribution in [2.45, 2.75) is 52.4 Å². The van der Waals surface area contributed by atoms with Crippen LogP contribution < -0.4 is 5.01 Å². The Balaban J connectivity index is 0.000000202. The fourth-order valence-electron chi connectivity index (χ4n) is 5.59. The normalized spacial score (nSPS) is 12.9. The summed E-state index contributed by atoms with van der Waals surface area (Å²) in [5, 5.41) is 4.75. The van der Waals surface area contributed by atoms with E-state index in [0.717, 1.165) is 5.69 Å². The summed E-state index contributed by atoms with van der Waals surface area (Å²) < 4.78 is 2.30. The van der Waals surface area contributed by atoms with Gasteiger partial charge in [-0.15, -0.1) is 5.73 Å². The molecule has 5 aromatic rings. The largest absolute Gasteiger partial charge is 0.284 e. The van der Waals surface area contributed by atoms with Crippen molar-refractivity contribution in [3.8, 4) is 0 Å². The zero-order chi connectivity index (χ0) is 34.4. The third-order valence-corrected chi connectivity index (χ3v) is 8.83. The molecule has 0 fully saturated rings. The van der Waals surface area contributed by atoms with Gasteiger partial charge < -0.3 is 0 Å². The molecule has 7 rings (SSSR count). The van der Waals surface area contributed by atoms with Gasteiger partial charge in [-0.25, -0.2) is 0 Å². The molecule has 2 nitrogen and oxygen atoms in total. The SMILES string of the molecule is C1=CCCC=C1.C=CC=C.CC1=C(c2ccc3c(c2)c2ccccc2n3N(C)c2ccccc2)C=C=C1.CCC(C)(C)c1ccccc1. The van der Waals surface area contributed by atoms with E-state index in [1.165, 1.54) is 63.3 Å². The summed E-state index contributed by atoms with van der Waals surface area (Å²) in [7, 11) is 2.12. The molecule has 0 saturated heterocycles. The molecule has 0 bridgehead atoms. The molecule has 0 spiro atoms. The Morgan fingerprint density at radius 2 is 1.33 bits per heavy atom. The number of rotatable bonds is 6. The molecular formula is C46H50N2. The van der Waals surface area contributed by atoms with Gasteiger partial charge in [0.15, 0.2) is 0 Å². The zero-order valence-electron chi connectivity index (χ0n) is 29.4. The third-order valence-electron chi connectivity index (χ3n) is 8.83. The van der Waals surface area contributed by atoms with Crippen LogP contribution in [0, 0.1) is 0 Å². The van der Waals surface area contributed by atoms with Crippen molar-refractivity contribution in [2.24, 2.45) is 0 Å². The summed E-state index contributed by atoms with van der Waals surface area (Å²) >= 11 is 0. The second kappa shape index (κ2) is 17.6. The lowest BCUT2D eigenvalue weighted by Gasteiger charge is -2.23. The van der Waals surface area contributed by atoms with Gasteiger partial charge in [0.25, 0.3) is 0 Å². The molecule has 48 heavy (non-hydrogen) atoms. The van der Waals surface area contributed by atoms with Gasteiger partial charge in [0.1, 0.15) is 0 Å². The molecule has 0 aliphatic heterocycles. The van der Waals surface area contributed by atoms with E-state index in [9.17, 15) is 0 Å². The van der Waals surface area contributed by atoms with Crippen molar-refractivity contribution in [3.63, 3.8) is 0 Å². The van der Waals surface area contributed by atoms with Gasteiger partial charge in [0, 0.05) is 17.8 Å². The van der Waals surface area contributed by atoms with Crippen LogP contribution in [0.4, 0.5) is 5.69 Å². The molecule has 4 aromatic carbocycles. The zero-order valence-corrected chi connectivity index (χ0v) is 29.4. The number of anilines is 1. The molecular weight excluding hydrogens is 581 g/mol. The predicted octanol–water partition coefficient (Wildman–Crippen LogP) is 12.8. The maximum atomic E-state index is 3.36. The van der Waals surface area contributed by atoms with E-state index in [2.05, 4.69) is 197 Å². The van der Waals surface area contributed by atoms with E-state index >= 15 is 0 Å². The molecule has 2 heteroatoms. The molecule has 0 atom stereocenters. The number of allylic oxidation sites excluding steroid dienone is 9. The van der Waals surface area contributed by atoms with Crippen molar-refractivity contribution in [3.05, 3.63) is 187 Å². The van der Waals surface area contributed by atoms with Gasteiger partial charge in [-0.3, -0.25) is 9.69 Å². The third kappa shape index (κ3) is 8.94. The number of benzene rings is 4. The predicted molar refractivity (Wildman–Crippen MR) is 213 cm³/mol. The highest BCUT2D eigenvalue weighted by atomic mass is 15.5. The van der Waals surface area contributed by atoms with Crippen LogP contribution in [-0.2, 0) is 5.41 Å². The first kappa shape index (κ1) is 35.6. The topological polar surface area (TPSA) is 8.17 Å². The Hall–Kier alpha value is -5.30. The smallest absolute Gasteiger partial charge is 0.0712 e. The number of para-hydroxylation sites is 2. The van der Waals surface area contributed by atoms with Crippen molar-refractivity contribution in [1.82, 2.24) is 4.68 Å². The van der Waals surface area contributed by atoms with Gasteiger partial charge in [0.2, 0.25) is 0 Å². The molecule has 0 unspecified atom stereocenters. The fourth-order valence-corrected chi connectivity index (χ4v) is 5.59. The van der Waals surface area contributed by atoms with Crippen LogP contribution in [0.2, 0.25) is 0 Å². The number of aromatic nitrogens is 1. The number of nitrogens with zero attached hydrogens (tertiary/aromatic N) is 2. The summed E-state index contributed by atoms with van der Waals surface area (Å²) in [6.45, 7) is 15.7. The van der Waals surface area contributed by atoms with E-state index in [-0.39, 0.29) is 0 Å². The Morgan fingerprint density at radius 3 is 1.88 bits per heavy atom. The summed E-state index contributed by atoms with van der Waals surface area (Å²) in [6.07, 6.45) is 19.6. The van der Waals surface area contributed by atoms with Gasteiger partial charge in [-0.2, -0.15) is 0 Å². The Kier molecular flexibility index (Phi) is 13.0. The quantitative estimate of drug-likeness (QED) is 0.134. The standard InChI is InChI=1S/C25H20N2.C11H16.C6H8.C4H6/c1-18-9-8-13-21(18)19-15-16-25-23(17-19)22-12-6-7-14-24(22)27(25)26(2)20-10-4-3-5-11-20;1-4-11(2,3)10-8-6-5-7-9-10;1-2-4-6-5-3-1;1-3-4-2/h3-7,9-17H,1-2H3;5-9H,4H2,1-3H3;1-4H,5-6H2;3-4H,1-2H2. The molecule has 2 aliphatic carbocycles. The van der Waals surface area contributed by atoms with Crippen LogP contribution in [0.15, 0.2) is 176 Å². The number of fused-ring (bicyclic) bond motifs is 3. The summed E-state index contributed by atoms with van der Waals surface area (Å²) in [5.41, 5.74) is 12.3. The maximum absolute atomic E-state index is 3.36. The van der Waals surface area contributed by atoms with Crippen LogP contribution in [-0.4, -0.2) is 11.7 Å². The molecule has 0 saturated carbocycles. The Labute approximate surface area is 288 Å². The van der Waals surface area contributed by atoms with Gasteiger partial charge in [-0.1, -0.05) is 143 Å². The first-order valence-electron chi connectivity index (χ1n) is 16.9. The van der Waals surface area contributed by atoms with Crippen molar-refractivity contribution in [1.29, 1.82) is 0 Å². The average molecular weight is 631 g/mol. The van der Waals surface area contributed by atoms with Crippen LogP contribution in [0.3, 0.4) is 0 Å². The minimum atomic E-state index is 0.335. The minimum absolute atomic E-state index is 0.335. The number of hydrogen-bond donors (Lipinski definition) is 0. The highest BCUT2D eigenvalue weighted by molar-refractivity contribution is 6.09. The lowest BCUT2D eigenvalue weighted by molar-refractivity contribution is 0.506. The molecule has 2 aliphatic rings. The van der Waals surface area contributed by atoms with Crippen LogP contribution >= 0.6 is 0 Å². The molecule has 244 valence electrons. The van der Waals surface area contributed by atoms with E-state index in [1.54, 1.807) is 12.2 Å². The highest BCUT2D eigenvalue weighted by Crippen LogP contribution is 2.34. The highest BCUT2D eigenvalue weighted by Gasteiger charge is 2.17. The second-order valence-corrected chi connectivity index (χ2v) is 12.5. The summed E-state index contributed by atoms with van der Waals surface area (Å²) in [5.74, 6) is 0. The Morgan fingerprint density at radius 1 is 0.750 bits per heavy atom. The molecule has 0 radical (unpaired) electrons. The average Bonchev–Trinajstić information content (AvgIpc) is 3.74. The van der Waals surface area contributed by atoms with Crippen LogP contribution in [0.5, 0.6) is 0 Å². The molecule has 1 heterocycles.